The van der Waals surface area contributed by atoms with Crippen molar-refractivity contribution >= 4 is 23.2 Å². The Labute approximate surface area is 325 Å². The topological polar surface area (TPSA) is 80.2 Å². The van der Waals surface area contributed by atoms with Crippen molar-refractivity contribution in [3.8, 4) is 5.75 Å². The van der Waals surface area contributed by atoms with Crippen LogP contribution in [-0.4, -0.2) is 83.4 Å². The number of piperazine rings is 1. The number of hydrogen-bond acceptors (Lipinski definition) is 7. The first-order chi connectivity index (χ1) is 26.9. The van der Waals surface area contributed by atoms with Gasteiger partial charge in [0.25, 0.3) is 5.91 Å². The maximum absolute atomic E-state index is 13.2. The molecule has 8 heteroatoms. The summed E-state index contributed by atoms with van der Waals surface area (Å²) in [6.07, 6.45) is 7.61. The van der Waals surface area contributed by atoms with Crippen LogP contribution in [0.3, 0.4) is 0 Å². The molecule has 0 bridgehead atoms. The van der Waals surface area contributed by atoms with Crippen molar-refractivity contribution < 1.29 is 14.7 Å². The van der Waals surface area contributed by atoms with Crippen molar-refractivity contribution in [2.75, 3.05) is 55.6 Å². The monoisotopic (exact) mass is 735 g/mol. The molecule has 3 fully saturated rings. The van der Waals surface area contributed by atoms with Gasteiger partial charge in [-0.1, -0.05) is 60.7 Å². The quantitative estimate of drug-likeness (QED) is 0.186. The number of rotatable bonds is 8. The number of Topliss-reactive ketones (excluding diaryl/α,β-unsaturated/α-hetero) is 1. The van der Waals surface area contributed by atoms with Gasteiger partial charge in [-0.2, -0.15) is 0 Å². The van der Waals surface area contributed by atoms with E-state index in [4.69, 9.17) is 4.98 Å². The molecule has 8 nitrogen and oxygen atoms in total. The largest absolute Gasteiger partial charge is 0.508 e. The van der Waals surface area contributed by atoms with E-state index in [-0.39, 0.29) is 23.7 Å². The summed E-state index contributed by atoms with van der Waals surface area (Å²) in [5.74, 6) is 2.79. The number of anilines is 2. The van der Waals surface area contributed by atoms with Gasteiger partial charge in [0.15, 0.2) is 5.78 Å². The lowest BCUT2D eigenvalue weighted by Gasteiger charge is -2.38. The molecule has 1 N–H and O–H groups in total. The predicted molar refractivity (Wildman–Crippen MR) is 218 cm³/mol. The molecular weight excluding hydrogens is 683 g/mol. The highest BCUT2D eigenvalue weighted by Crippen LogP contribution is 2.47. The molecule has 2 aliphatic carbocycles. The summed E-state index contributed by atoms with van der Waals surface area (Å²) in [4.78, 5) is 40.1. The number of aromatic nitrogens is 1. The first-order valence-electron chi connectivity index (χ1n) is 20.6. The second kappa shape index (κ2) is 15.3. The van der Waals surface area contributed by atoms with Gasteiger partial charge in [0.05, 0.1) is 23.8 Å². The number of phenolic OH excluding ortho intramolecular Hbond substituents is 1. The van der Waals surface area contributed by atoms with Gasteiger partial charge in [0.2, 0.25) is 0 Å². The van der Waals surface area contributed by atoms with Crippen LogP contribution in [0.2, 0.25) is 0 Å². The van der Waals surface area contributed by atoms with Crippen LogP contribution in [0.25, 0.3) is 0 Å². The maximum atomic E-state index is 13.2. The Kier molecular flexibility index (Phi) is 9.94. The second-order valence-corrected chi connectivity index (χ2v) is 16.6. The molecule has 4 heterocycles. The number of hydrogen-bond donors (Lipinski definition) is 1. The molecule has 4 aromatic rings. The minimum absolute atomic E-state index is 0.0602. The third-order valence-corrected chi connectivity index (χ3v) is 13.3. The van der Waals surface area contributed by atoms with Crippen LogP contribution in [0, 0.1) is 5.92 Å². The van der Waals surface area contributed by atoms with Crippen molar-refractivity contribution in [2.24, 2.45) is 5.92 Å². The Balaban J connectivity index is 0.756. The fourth-order valence-corrected chi connectivity index (χ4v) is 10.1. The van der Waals surface area contributed by atoms with E-state index in [1.54, 1.807) is 4.90 Å². The Bertz CT molecular complexity index is 2050. The number of allylic oxidation sites excluding steroid dienone is 1. The average molecular weight is 736 g/mol. The zero-order chi connectivity index (χ0) is 37.5. The van der Waals surface area contributed by atoms with Crippen LogP contribution in [0.15, 0.2) is 97.1 Å². The van der Waals surface area contributed by atoms with Gasteiger partial charge in [-0.3, -0.25) is 14.5 Å². The second-order valence-electron chi connectivity index (χ2n) is 16.6. The number of carbonyl (C=O) groups excluding carboxylic acids is 2. The molecule has 0 spiro atoms. The third kappa shape index (κ3) is 7.29. The number of aryl methyl sites for hydroxylation is 1. The summed E-state index contributed by atoms with van der Waals surface area (Å²) in [6.45, 7) is 11.6. The highest BCUT2D eigenvalue weighted by molar-refractivity contribution is 6.01. The summed E-state index contributed by atoms with van der Waals surface area (Å²) in [7, 11) is 0. The molecule has 3 aliphatic heterocycles. The highest BCUT2D eigenvalue weighted by Gasteiger charge is 2.39. The van der Waals surface area contributed by atoms with Gasteiger partial charge in [-0.15, -0.1) is 0 Å². The summed E-state index contributed by atoms with van der Waals surface area (Å²) in [5, 5.41) is 10.2. The normalized spacial score (nSPS) is 23.6. The molecule has 3 aromatic carbocycles. The first-order valence-corrected chi connectivity index (χ1v) is 20.6. The molecule has 1 amide bonds. The van der Waals surface area contributed by atoms with E-state index in [0.29, 0.717) is 36.6 Å². The molecule has 5 aliphatic rings. The minimum atomic E-state index is -0.352. The molecule has 55 heavy (non-hydrogen) atoms. The van der Waals surface area contributed by atoms with Crippen molar-refractivity contribution in [1.29, 1.82) is 0 Å². The molecule has 2 saturated heterocycles. The number of phenols is 1. The lowest BCUT2D eigenvalue weighted by molar-refractivity contribution is -0.124. The van der Waals surface area contributed by atoms with Crippen LogP contribution in [0.4, 0.5) is 11.5 Å². The van der Waals surface area contributed by atoms with Gasteiger partial charge >= 0.3 is 0 Å². The number of benzene rings is 3. The predicted octanol–water partition coefficient (Wildman–Crippen LogP) is 7.71. The molecule has 284 valence electrons. The van der Waals surface area contributed by atoms with Crippen molar-refractivity contribution in [3.05, 3.63) is 131 Å². The number of ketones is 1. The lowest BCUT2D eigenvalue weighted by atomic mass is 9.69. The number of nitrogens with zero attached hydrogens (tertiary/aromatic N) is 5. The molecule has 1 unspecified atom stereocenters. The number of piperidine rings is 1. The molecule has 1 saturated carbocycles. The summed E-state index contributed by atoms with van der Waals surface area (Å²) in [5.41, 5.74) is 9.10. The van der Waals surface area contributed by atoms with E-state index in [2.05, 4.69) is 81.9 Å². The van der Waals surface area contributed by atoms with Gasteiger partial charge in [0, 0.05) is 57.3 Å². The van der Waals surface area contributed by atoms with E-state index in [1.165, 1.54) is 47.2 Å². The Morgan fingerprint density at radius 3 is 2.31 bits per heavy atom. The Hall–Kier alpha value is -4.95. The van der Waals surface area contributed by atoms with Crippen LogP contribution in [0.1, 0.15) is 95.1 Å². The smallest absolute Gasteiger partial charge is 0.256 e. The molecule has 3 atom stereocenters. The van der Waals surface area contributed by atoms with Crippen molar-refractivity contribution in [2.45, 2.75) is 75.8 Å². The standard InChI is InChI=1S/C47H53N5O3/c1-32-7-17-43(44(54)29-32)52-31-42-41(47(52)55)16-18-45(48-42)51-27-25-49(26-28-51)22-19-33-20-23-50(24-21-33)37-11-8-35(9-12-37)46-39(34-5-3-2-4-6-34)14-10-36-30-38(53)13-15-40(36)46/h2-6,8-9,11-13,15-16,18,30,33,39,43,46,53H,1,7,10,14,17,19-29,31H2/t39-,43?,46+/m0/s1. The number of fused-ring (bicyclic) bond motifs is 2. The van der Waals surface area contributed by atoms with E-state index < -0.39 is 0 Å². The van der Waals surface area contributed by atoms with Gasteiger partial charge < -0.3 is 19.8 Å². The molecule has 1 aromatic heterocycles. The van der Waals surface area contributed by atoms with Crippen LogP contribution in [0.5, 0.6) is 5.75 Å². The van der Waals surface area contributed by atoms with E-state index in [9.17, 15) is 14.7 Å². The van der Waals surface area contributed by atoms with Crippen molar-refractivity contribution in [1.82, 2.24) is 14.8 Å². The lowest BCUT2D eigenvalue weighted by Crippen LogP contribution is -2.47. The summed E-state index contributed by atoms with van der Waals surface area (Å²) >= 11 is 0. The van der Waals surface area contributed by atoms with Gasteiger partial charge in [-0.25, -0.2) is 4.98 Å². The first kappa shape index (κ1) is 35.7. The molecule has 9 rings (SSSR count). The summed E-state index contributed by atoms with van der Waals surface area (Å²) in [6, 6.07) is 29.9. The van der Waals surface area contributed by atoms with Gasteiger partial charge in [-0.05, 0) is 122 Å². The van der Waals surface area contributed by atoms with Gasteiger partial charge in [0.1, 0.15) is 11.6 Å². The summed E-state index contributed by atoms with van der Waals surface area (Å²) < 4.78 is 0. The molecular formula is C47H53N5O3. The number of carbonyl (C=O) groups is 2. The fraction of sp³-hybridized carbons (Fsp3) is 0.426. The number of amides is 1. The maximum Gasteiger partial charge on any atom is 0.256 e. The fourth-order valence-electron chi connectivity index (χ4n) is 10.1. The van der Waals surface area contributed by atoms with Crippen LogP contribution in [-0.2, 0) is 17.8 Å². The number of aromatic hydroxyl groups is 1. The van der Waals surface area contributed by atoms with E-state index in [0.717, 1.165) is 88.1 Å². The Morgan fingerprint density at radius 1 is 0.764 bits per heavy atom. The zero-order valence-electron chi connectivity index (χ0n) is 31.9. The van der Waals surface area contributed by atoms with E-state index >= 15 is 0 Å². The van der Waals surface area contributed by atoms with Crippen molar-refractivity contribution in [3.63, 3.8) is 0 Å². The minimum Gasteiger partial charge on any atom is -0.508 e. The van der Waals surface area contributed by atoms with Crippen LogP contribution >= 0.6 is 0 Å². The van der Waals surface area contributed by atoms with E-state index in [1.807, 2.05) is 24.3 Å². The van der Waals surface area contributed by atoms with Crippen LogP contribution < -0.4 is 9.80 Å². The third-order valence-electron chi connectivity index (χ3n) is 13.3. The number of pyridine rings is 1. The highest BCUT2D eigenvalue weighted by atomic mass is 16.3. The average Bonchev–Trinajstić information content (AvgIpc) is 3.55. The Morgan fingerprint density at radius 2 is 1.55 bits per heavy atom. The molecule has 0 radical (unpaired) electrons. The zero-order valence-corrected chi connectivity index (χ0v) is 31.9. The SMILES string of the molecule is C=C1CCC(N2Cc3nc(N4CCN(CCC5CCN(c6ccc([C@H]7c8ccc(O)cc8CC[C@H]7c7ccccc7)cc6)CC5)CC4)ccc3C2=O)C(=O)C1.